The number of aromatic nitrogens is 2. The molecule has 8 nitrogen and oxygen atoms in total. The maximum atomic E-state index is 13.0. The molecule has 0 N–H and O–H groups in total. The SMILES string of the molecule is CC(C)(C)OC(=O)N1CCN(c2ncc(S(=O)(=O)c3ccc(F)cc3)cn2)CC1. The van der Waals surface area contributed by atoms with Gasteiger partial charge in [0.05, 0.1) is 17.3 Å². The molecule has 1 aliphatic heterocycles. The lowest BCUT2D eigenvalue weighted by Crippen LogP contribution is -2.50. The van der Waals surface area contributed by atoms with Crippen LogP contribution in [0.15, 0.2) is 46.5 Å². The monoisotopic (exact) mass is 422 g/mol. The van der Waals surface area contributed by atoms with Crippen molar-refractivity contribution in [3.05, 3.63) is 42.5 Å². The summed E-state index contributed by atoms with van der Waals surface area (Å²) in [5, 5.41) is 0. The van der Waals surface area contributed by atoms with Gasteiger partial charge in [-0.1, -0.05) is 0 Å². The fourth-order valence-corrected chi connectivity index (χ4v) is 3.93. The summed E-state index contributed by atoms with van der Waals surface area (Å²) in [5.41, 5.74) is -0.552. The van der Waals surface area contributed by atoms with E-state index in [2.05, 4.69) is 9.97 Å². The van der Waals surface area contributed by atoms with Gasteiger partial charge in [-0.15, -0.1) is 0 Å². The van der Waals surface area contributed by atoms with Crippen molar-refractivity contribution in [1.82, 2.24) is 14.9 Å². The quantitative estimate of drug-likeness (QED) is 0.702. The lowest BCUT2D eigenvalue weighted by Gasteiger charge is -2.35. The average molecular weight is 422 g/mol. The second-order valence-electron chi connectivity index (χ2n) is 7.63. The summed E-state index contributed by atoms with van der Waals surface area (Å²) >= 11 is 0. The first-order valence-electron chi connectivity index (χ1n) is 9.12. The number of halogens is 1. The number of nitrogens with zero attached hydrogens (tertiary/aromatic N) is 4. The van der Waals surface area contributed by atoms with Gasteiger partial charge in [0, 0.05) is 26.2 Å². The molecule has 2 heterocycles. The van der Waals surface area contributed by atoms with Crippen LogP contribution >= 0.6 is 0 Å². The predicted octanol–water partition coefficient (Wildman–Crippen LogP) is 2.51. The molecule has 2 aromatic rings. The second kappa shape index (κ2) is 7.94. The zero-order chi connectivity index (χ0) is 21.2. The Hall–Kier alpha value is -2.75. The number of piperazine rings is 1. The van der Waals surface area contributed by atoms with Gasteiger partial charge >= 0.3 is 6.09 Å². The van der Waals surface area contributed by atoms with Crippen LogP contribution in [0.4, 0.5) is 15.1 Å². The molecular weight excluding hydrogens is 399 g/mol. The Morgan fingerprint density at radius 1 is 1.00 bits per heavy atom. The smallest absolute Gasteiger partial charge is 0.410 e. The van der Waals surface area contributed by atoms with Gasteiger partial charge in [0.25, 0.3) is 0 Å². The number of hydrogen-bond acceptors (Lipinski definition) is 7. The van der Waals surface area contributed by atoms with Crippen molar-refractivity contribution in [3.63, 3.8) is 0 Å². The van der Waals surface area contributed by atoms with E-state index >= 15 is 0 Å². The molecule has 3 rings (SSSR count). The molecule has 0 atom stereocenters. The Kier molecular flexibility index (Phi) is 5.74. The van der Waals surface area contributed by atoms with E-state index in [0.717, 1.165) is 12.1 Å². The first-order valence-corrected chi connectivity index (χ1v) is 10.6. The van der Waals surface area contributed by atoms with E-state index in [-0.39, 0.29) is 15.9 Å². The molecule has 156 valence electrons. The van der Waals surface area contributed by atoms with Gasteiger partial charge < -0.3 is 14.5 Å². The van der Waals surface area contributed by atoms with Gasteiger partial charge in [-0.25, -0.2) is 27.6 Å². The summed E-state index contributed by atoms with van der Waals surface area (Å²) in [6.07, 6.45) is 2.11. The molecule has 0 unspecified atom stereocenters. The highest BCUT2D eigenvalue weighted by atomic mass is 32.2. The van der Waals surface area contributed by atoms with Gasteiger partial charge in [0.1, 0.15) is 16.3 Å². The third kappa shape index (κ3) is 5.00. The van der Waals surface area contributed by atoms with E-state index in [1.54, 1.807) is 4.90 Å². The normalized spacial score (nSPS) is 15.3. The van der Waals surface area contributed by atoms with Gasteiger partial charge in [0.15, 0.2) is 0 Å². The lowest BCUT2D eigenvalue weighted by molar-refractivity contribution is 0.0240. The highest BCUT2D eigenvalue weighted by Crippen LogP contribution is 2.21. The summed E-state index contributed by atoms with van der Waals surface area (Å²) < 4.78 is 43.6. The Labute approximate surface area is 169 Å². The first-order chi connectivity index (χ1) is 13.6. The van der Waals surface area contributed by atoms with Crippen LogP contribution < -0.4 is 4.90 Å². The van der Waals surface area contributed by atoms with Crippen molar-refractivity contribution in [2.75, 3.05) is 31.1 Å². The Balaban J connectivity index is 1.66. The van der Waals surface area contributed by atoms with Crippen LogP contribution in [0.3, 0.4) is 0 Å². The van der Waals surface area contributed by atoms with Crippen LogP contribution in [0.1, 0.15) is 20.8 Å². The van der Waals surface area contributed by atoms with E-state index in [0.29, 0.717) is 32.1 Å². The molecule has 0 radical (unpaired) electrons. The molecule has 1 amide bonds. The molecule has 0 saturated carbocycles. The highest BCUT2D eigenvalue weighted by molar-refractivity contribution is 7.91. The number of rotatable bonds is 3. The van der Waals surface area contributed by atoms with Crippen molar-refractivity contribution < 1.29 is 22.3 Å². The van der Waals surface area contributed by atoms with Crippen molar-refractivity contribution in [1.29, 1.82) is 0 Å². The van der Waals surface area contributed by atoms with Gasteiger partial charge in [-0.2, -0.15) is 0 Å². The molecular formula is C19H23FN4O4S. The van der Waals surface area contributed by atoms with E-state index in [1.807, 2.05) is 25.7 Å². The zero-order valence-electron chi connectivity index (χ0n) is 16.5. The Bertz CT molecular complexity index is 965. The summed E-state index contributed by atoms with van der Waals surface area (Å²) in [5.74, 6) is -0.132. The molecule has 1 saturated heterocycles. The van der Waals surface area contributed by atoms with Crippen LogP contribution in [-0.2, 0) is 14.6 Å². The fraction of sp³-hybridized carbons (Fsp3) is 0.421. The third-order valence-corrected chi connectivity index (χ3v) is 5.99. The van der Waals surface area contributed by atoms with E-state index in [1.165, 1.54) is 24.5 Å². The lowest BCUT2D eigenvalue weighted by atomic mass is 10.2. The molecule has 0 aliphatic carbocycles. The minimum Gasteiger partial charge on any atom is -0.444 e. The van der Waals surface area contributed by atoms with Gasteiger partial charge in [0.2, 0.25) is 15.8 Å². The fourth-order valence-electron chi connectivity index (χ4n) is 2.78. The number of hydrogen-bond donors (Lipinski definition) is 0. The first kappa shape index (κ1) is 21.0. The molecule has 1 aromatic heterocycles. The number of sulfone groups is 1. The largest absolute Gasteiger partial charge is 0.444 e. The minimum atomic E-state index is -3.82. The molecule has 1 aliphatic rings. The maximum absolute atomic E-state index is 13.0. The standard InChI is InChI=1S/C19H23FN4O4S/c1-19(2,3)28-18(25)24-10-8-23(9-11-24)17-21-12-16(13-22-17)29(26,27)15-6-4-14(20)5-7-15/h4-7,12-13H,8-11H2,1-3H3. The van der Waals surface area contributed by atoms with Crippen molar-refractivity contribution in [2.24, 2.45) is 0 Å². The molecule has 1 aromatic carbocycles. The molecule has 0 bridgehead atoms. The minimum absolute atomic E-state index is 0.0266. The Morgan fingerprint density at radius 2 is 1.55 bits per heavy atom. The summed E-state index contributed by atoms with van der Waals surface area (Å²) in [6.45, 7) is 7.36. The summed E-state index contributed by atoms with van der Waals surface area (Å²) in [6, 6.07) is 4.58. The van der Waals surface area contributed by atoms with E-state index in [4.69, 9.17) is 4.74 Å². The summed E-state index contributed by atoms with van der Waals surface area (Å²) in [4.78, 5) is 23.9. The number of anilines is 1. The summed E-state index contributed by atoms with van der Waals surface area (Å²) in [7, 11) is -3.82. The van der Waals surface area contributed by atoms with E-state index < -0.39 is 21.3 Å². The van der Waals surface area contributed by atoms with Gasteiger partial charge in [-0.05, 0) is 45.0 Å². The van der Waals surface area contributed by atoms with Crippen LogP contribution in [0.5, 0.6) is 0 Å². The molecule has 29 heavy (non-hydrogen) atoms. The molecule has 10 heteroatoms. The topological polar surface area (TPSA) is 92.7 Å². The number of ether oxygens (including phenoxy) is 1. The highest BCUT2D eigenvalue weighted by Gasteiger charge is 2.27. The van der Waals surface area contributed by atoms with E-state index in [9.17, 15) is 17.6 Å². The van der Waals surface area contributed by atoms with Crippen molar-refractivity contribution in [2.45, 2.75) is 36.2 Å². The predicted molar refractivity (Wildman–Crippen MR) is 104 cm³/mol. The van der Waals surface area contributed by atoms with Crippen molar-refractivity contribution >= 4 is 21.9 Å². The molecule has 0 spiro atoms. The number of amides is 1. The maximum Gasteiger partial charge on any atom is 0.410 e. The number of benzene rings is 1. The van der Waals surface area contributed by atoms with Crippen LogP contribution in [0.2, 0.25) is 0 Å². The Morgan fingerprint density at radius 3 is 2.07 bits per heavy atom. The van der Waals surface area contributed by atoms with Crippen LogP contribution in [-0.4, -0.2) is 61.2 Å². The van der Waals surface area contributed by atoms with Crippen LogP contribution in [0, 0.1) is 5.82 Å². The third-order valence-electron chi connectivity index (χ3n) is 4.26. The second-order valence-corrected chi connectivity index (χ2v) is 9.58. The number of carbonyl (C=O) groups is 1. The number of carbonyl (C=O) groups excluding carboxylic acids is 1. The van der Waals surface area contributed by atoms with Gasteiger partial charge in [-0.3, -0.25) is 0 Å². The molecule has 1 fully saturated rings. The average Bonchev–Trinajstić information content (AvgIpc) is 2.67. The zero-order valence-corrected chi connectivity index (χ0v) is 17.3. The van der Waals surface area contributed by atoms with Crippen LogP contribution in [0.25, 0.3) is 0 Å². The van der Waals surface area contributed by atoms with Crippen molar-refractivity contribution in [3.8, 4) is 0 Å².